The quantitative estimate of drug-likeness (QED) is 0.604. The first-order valence-corrected chi connectivity index (χ1v) is 8.83. The lowest BCUT2D eigenvalue weighted by Crippen LogP contribution is -2.24. The summed E-state index contributed by atoms with van der Waals surface area (Å²) in [5.74, 6) is -0.816. The summed E-state index contributed by atoms with van der Waals surface area (Å²) in [6.07, 6.45) is -4.34. The van der Waals surface area contributed by atoms with Crippen LogP contribution < -0.4 is 0 Å². The molecule has 3 aromatic rings. The first-order chi connectivity index (χ1) is 13.8. The second-order valence-corrected chi connectivity index (χ2v) is 6.81. The molecule has 5 nitrogen and oxygen atoms in total. The predicted octanol–water partition coefficient (Wildman–Crippen LogP) is 4.41. The number of alkyl halides is 3. The average molecular weight is 405 g/mol. The SMILES string of the molecule is O=C1CC(c2noc(-c3ccccc3F)n2)CN1Cc1cccc(C(F)(F)F)c1. The van der Waals surface area contributed by atoms with Crippen LogP contribution in [0.1, 0.15) is 29.3 Å². The van der Waals surface area contributed by atoms with Gasteiger partial charge in [0.1, 0.15) is 5.82 Å². The van der Waals surface area contributed by atoms with E-state index in [2.05, 4.69) is 10.1 Å². The third-order valence-corrected chi connectivity index (χ3v) is 4.75. The average Bonchev–Trinajstić information content (AvgIpc) is 3.29. The standard InChI is InChI=1S/C20H15F4N3O2/c21-16-7-2-1-6-15(16)19-25-18(26-29-19)13-9-17(28)27(11-13)10-12-4-3-5-14(8-12)20(22,23)24/h1-8,13H,9-11H2. The molecule has 29 heavy (non-hydrogen) atoms. The molecule has 9 heteroatoms. The van der Waals surface area contributed by atoms with Crippen LogP contribution in [0.4, 0.5) is 17.6 Å². The fourth-order valence-electron chi connectivity index (χ4n) is 3.31. The molecule has 1 fully saturated rings. The van der Waals surface area contributed by atoms with Crippen molar-refractivity contribution in [3.63, 3.8) is 0 Å². The van der Waals surface area contributed by atoms with Crippen molar-refractivity contribution in [2.75, 3.05) is 6.54 Å². The summed E-state index contributed by atoms with van der Waals surface area (Å²) >= 11 is 0. The Kier molecular flexibility index (Phi) is 4.81. The molecule has 0 saturated carbocycles. The van der Waals surface area contributed by atoms with E-state index < -0.39 is 17.6 Å². The van der Waals surface area contributed by atoms with Crippen molar-refractivity contribution in [2.24, 2.45) is 0 Å². The summed E-state index contributed by atoms with van der Waals surface area (Å²) in [5.41, 5.74) is -0.212. The highest BCUT2D eigenvalue weighted by molar-refractivity contribution is 5.79. The molecule has 1 aromatic heterocycles. The van der Waals surface area contributed by atoms with E-state index in [1.165, 1.54) is 29.2 Å². The van der Waals surface area contributed by atoms with Crippen molar-refractivity contribution < 1.29 is 26.9 Å². The second-order valence-electron chi connectivity index (χ2n) is 6.81. The number of aromatic nitrogens is 2. The Labute approximate surface area is 162 Å². The van der Waals surface area contributed by atoms with Crippen molar-refractivity contribution in [3.8, 4) is 11.5 Å². The summed E-state index contributed by atoms with van der Waals surface area (Å²) in [6, 6.07) is 10.8. The Hall–Kier alpha value is -3.23. The normalized spacial score (nSPS) is 17.2. The number of rotatable bonds is 4. The minimum atomic E-state index is -4.44. The van der Waals surface area contributed by atoms with Crippen molar-refractivity contribution in [2.45, 2.75) is 25.1 Å². The highest BCUT2D eigenvalue weighted by atomic mass is 19.4. The van der Waals surface area contributed by atoms with Crippen LogP contribution in [0.3, 0.4) is 0 Å². The van der Waals surface area contributed by atoms with Gasteiger partial charge >= 0.3 is 6.18 Å². The van der Waals surface area contributed by atoms with E-state index in [4.69, 9.17) is 4.52 Å². The van der Waals surface area contributed by atoms with Crippen LogP contribution in [0.2, 0.25) is 0 Å². The van der Waals surface area contributed by atoms with Crippen LogP contribution in [0.15, 0.2) is 53.1 Å². The van der Waals surface area contributed by atoms with Crippen LogP contribution >= 0.6 is 0 Å². The van der Waals surface area contributed by atoms with Crippen LogP contribution in [-0.2, 0) is 17.5 Å². The third kappa shape index (κ3) is 3.98. The van der Waals surface area contributed by atoms with Gasteiger partial charge in [-0.1, -0.05) is 29.4 Å². The predicted molar refractivity (Wildman–Crippen MR) is 93.9 cm³/mol. The highest BCUT2D eigenvalue weighted by Gasteiger charge is 2.35. The number of amides is 1. The molecule has 0 spiro atoms. The lowest BCUT2D eigenvalue weighted by Gasteiger charge is -2.17. The maximum atomic E-state index is 13.9. The molecular weight excluding hydrogens is 390 g/mol. The van der Waals surface area contributed by atoms with Gasteiger partial charge in [-0.3, -0.25) is 4.79 Å². The Morgan fingerprint density at radius 2 is 1.93 bits per heavy atom. The van der Waals surface area contributed by atoms with E-state index >= 15 is 0 Å². The number of likely N-dealkylation sites (tertiary alicyclic amines) is 1. The van der Waals surface area contributed by atoms with E-state index in [1.54, 1.807) is 12.1 Å². The number of benzene rings is 2. The number of halogens is 4. The summed E-state index contributed by atoms with van der Waals surface area (Å²) in [5, 5.41) is 3.86. The van der Waals surface area contributed by atoms with Gasteiger partial charge < -0.3 is 9.42 Å². The largest absolute Gasteiger partial charge is 0.416 e. The Morgan fingerprint density at radius 1 is 1.14 bits per heavy atom. The van der Waals surface area contributed by atoms with Gasteiger partial charge in [0.15, 0.2) is 5.82 Å². The van der Waals surface area contributed by atoms with Gasteiger partial charge in [-0.05, 0) is 29.8 Å². The maximum Gasteiger partial charge on any atom is 0.416 e. The van der Waals surface area contributed by atoms with Crippen LogP contribution in [-0.4, -0.2) is 27.5 Å². The lowest BCUT2D eigenvalue weighted by molar-refractivity contribution is -0.137. The van der Waals surface area contributed by atoms with Gasteiger partial charge in [-0.15, -0.1) is 0 Å². The van der Waals surface area contributed by atoms with E-state index in [0.717, 1.165) is 12.1 Å². The fraction of sp³-hybridized carbons (Fsp3) is 0.250. The first kappa shape index (κ1) is 19.1. The second kappa shape index (κ2) is 7.31. The fourth-order valence-corrected chi connectivity index (χ4v) is 3.31. The summed E-state index contributed by atoms with van der Waals surface area (Å²) in [4.78, 5) is 18.0. The zero-order chi connectivity index (χ0) is 20.6. The zero-order valence-electron chi connectivity index (χ0n) is 15.0. The lowest BCUT2D eigenvalue weighted by atomic mass is 10.1. The number of nitrogens with zero attached hydrogens (tertiary/aromatic N) is 3. The molecule has 2 heterocycles. The highest BCUT2D eigenvalue weighted by Crippen LogP contribution is 2.32. The van der Waals surface area contributed by atoms with E-state index in [1.807, 2.05) is 0 Å². The molecule has 0 aliphatic carbocycles. The molecule has 1 saturated heterocycles. The number of hydrogen-bond acceptors (Lipinski definition) is 4. The molecule has 1 aliphatic rings. The number of carbonyl (C=O) groups excluding carboxylic acids is 1. The van der Waals surface area contributed by atoms with Crippen LogP contribution in [0, 0.1) is 5.82 Å². The molecule has 4 rings (SSSR count). The van der Waals surface area contributed by atoms with Crippen LogP contribution in [0.5, 0.6) is 0 Å². The minimum absolute atomic E-state index is 0.0156. The Balaban J connectivity index is 1.48. The van der Waals surface area contributed by atoms with E-state index in [0.29, 0.717) is 5.56 Å². The molecule has 0 bridgehead atoms. The van der Waals surface area contributed by atoms with Crippen molar-refractivity contribution in [3.05, 3.63) is 71.3 Å². The van der Waals surface area contributed by atoms with Gasteiger partial charge in [-0.25, -0.2) is 4.39 Å². The Morgan fingerprint density at radius 3 is 2.69 bits per heavy atom. The van der Waals surface area contributed by atoms with E-state index in [-0.39, 0.29) is 48.6 Å². The number of hydrogen-bond donors (Lipinski definition) is 0. The molecule has 1 amide bonds. The van der Waals surface area contributed by atoms with Crippen molar-refractivity contribution in [1.29, 1.82) is 0 Å². The zero-order valence-corrected chi connectivity index (χ0v) is 15.0. The molecule has 1 atom stereocenters. The molecule has 2 aromatic carbocycles. The first-order valence-electron chi connectivity index (χ1n) is 8.83. The molecule has 0 radical (unpaired) electrons. The van der Waals surface area contributed by atoms with Crippen molar-refractivity contribution >= 4 is 5.91 Å². The molecular formula is C20H15F4N3O2. The smallest absolute Gasteiger partial charge is 0.338 e. The van der Waals surface area contributed by atoms with E-state index in [9.17, 15) is 22.4 Å². The van der Waals surface area contributed by atoms with Crippen molar-refractivity contribution in [1.82, 2.24) is 15.0 Å². The molecule has 1 unspecified atom stereocenters. The number of carbonyl (C=O) groups is 1. The van der Waals surface area contributed by atoms with Gasteiger partial charge in [0.25, 0.3) is 5.89 Å². The molecule has 150 valence electrons. The minimum Gasteiger partial charge on any atom is -0.338 e. The Bertz CT molecular complexity index is 1050. The maximum absolute atomic E-state index is 13.9. The topological polar surface area (TPSA) is 59.2 Å². The van der Waals surface area contributed by atoms with Gasteiger partial charge in [0.05, 0.1) is 11.1 Å². The van der Waals surface area contributed by atoms with Gasteiger partial charge in [0.2, 0.25) is 5.91 Å². The monoisotopic (exact) mass is 405 g/mol. The van der Waals surface area contributed by atoms with Crippen LogP contribution in [0.25, 0.3) is 11.5 Å². The third-order valence-electron chi connectivity index (χ3n) is 4.75. The summed E-state index contributed by atoms with van der Waals surface area (Å²) < 4.78 is 57.6. The molecule has 0 N–H and O–H groups in total. The summed E-state index contributed by atoms with van der Waals surface area (Å²) in [6.45, 7) is 0.294. The van der Waals surface area contributed by atoms with Gasteiger partial charge in [-0.2, -0.15) is 18.2 Å². The van der Waals surface area contributed by atoms with Gasteiger partial charge in [0, 0.05) is 25.4 Å². The molecule has 1 aliphatic heterocycles. The summed E-state index contributed by atoms with van der Waals surface area (Å²) in [7, 11) is 0.